The van der Waals surface area contributed by atoms with Gasteiger partial charge in [-0.3, -0.25) is 0 Å². The minimum absolute atomic E-state index is 0.215. The highest BCUT2D eigenvalue weighted by molar-refractivity contribution is 5.19. The molecule has 1 spiro atoms. The van der Waals surface area contributed by atoms with Gasteiger partial charge in [-0.25, -0.2) is 0 Å². The van der Waals surface area contributed by atoms with Gasteiger partial charge in [0.15, 0.2) is 12.1 Å². The molecule has 1 aliphatic carbocycles. The summed E-state index contributed by atoms with van der Waals surface area (Å²) in [7, 11) is 1.57. The molecular formula is C10H16O5. The van der Waals surface area contributed by atoms with E-state index in [2.05, 4.69) is 0 Å². The van der Waals surface area contributed by atoms with Crippen molar-refractivity contribution in [3.63, 3.8) is 0 Å². The topological polar surface area (TPSA) is 57.2 Å². The molecule has 0 bridgehead atoms. The Morgan fingerprint density at radius 3 is 2.47 bits per heavy atom. The van der Waals surface area contributed by atoms with Crippen LogP contribution in [-0.4, -0.2) is 48.2 Å². The van der Waals surface area contributed by atoms with E-state index in [0.29, 0.717) is 6.42 Å². The summed E-state index contributed by atoms with van der Waals surface area (Å²) in [5, 5.41) is 9.63. The molecule has 0 aromatic heterocycles. The smallest absolute Gasteiger partial charge is 0.187 e. The highest BCUT2D eigenvalue weighted by Crippen LogP contribution is 2.56. The number of hydrogen-bond donors (Lipinski definition) is 1. The average molecular weight is 216 g/mol. The summed E-state index contributed by atoms with van der Waals surface area (Å²) in [6.07, 6.45) is -0.737. The molecule has 15 heavy (non-hydrogen) atoms. The van der Waals surface area contributed by atoms with Crippen molar-refractivity contribution in [1.82, 2.24) is 0 Å². The fourth-order valence-corrected chi connectivity index (χ4v) is 2.57. The number of aliphatic hydroxyl groups excluding tert-OH is 1. The van der Waals surface area contributed by atoms with Crippen molar-refractivity contribution >= 4 is 0 Å². The fourth-order valence-electron chi connectivity index (χ4n) is 2.57. The number of ether oxygens (including phenoxy) is 4. The average Bonchev–Trinajstić information content (AvgIpc) is 2.53. The molecule has 3 fully saturated rings. The second-order valence-corrected chi connectivity index (χ2v) is 4.92. The van der Waals surface area contributed by atoms with Gasteiger partial charge in [-0.05, 0) is 13.8 Å². The van der Waals surface area contributed by atoms with Gasteiger partial charge in [0.25, 0.3) is 0 Å². The maximum atomic E-state index is 9.63. The number of aliphatic hydroxyl groups is 1. The molecule has 0 aromatic rings. The molecule has 1 saturated carbocycles. The summed E-state index contributed by atoms with van der Waals surface area (Å²) in [5.74, 6) is -0.620. The molecule has 86 valence electrons. The first kappa shape index (κ1) is 9.99. The largest absolute Gasteiger partial charge is 0.390 e. The lowest BCUT2D eigenvalue weighted by molar-refractivity contribution is -0.236. The lowest BCUT2D eigenvalue weighted by atomic mass is 10.1. The first-order chi connectivity index (χ1) is 6.98. The van der Waals surface area contributed by atoms with E-state index in [1.807, 2.05) is 13.8 Å². The van der Waals surface area contributed by atoms with Gasteiger partial charge in [0.1, 0.15) is 17.8 Å². The molecule has 2 saturated heterocycles. The van der Waals surface area contributed by atoms with E-state index in [1.54, 1.807) is 7.11 Å². The van der Waals surface area contributed by atoms with Crippen LogP contribution in [0.3, 0.4) is 0 Å². The van der Waals surface area contributed by atoms with Gasteiger partial charge in [-0.2, -0.15) is 0 Å². The first-order valence-corrected chi connectivity index (χ1v) is 5.23. The van der Waals surface area contributed by atoms with Crippen LogP contribution in [0.25, 0.3) is 0 Å². The lowest BCUT2D eigenvalue weighted by Gasteiger charge is -2.23. The monoisotopic (exact) mass is 216 g/mol. The predicted molar refractivity (Wildman–Crippen MR) is 49.1 cm³/mol. The first-order valence-electron chi connectivity index (χ1n) is 5.23. The van der Waals surface area contributed by atoms with Crippen LogP contribution in [0.4, 0.5) is 0 Å². The molecule has 2 aliphatic heterocycles. The third-order valence-electron chi connectivity index (χ3n) is 3.36. The van der Waals surface area contributed by atoms with Crippen molar-refractivity contribution in [2.75, 3.05) is 7.11 Å². The van der Waals surface area contributed by atoms with Gasteiger partial charge in [0.2, 0.25) is 0 Å². The minimum atomic E-state index is -0.620. The normalized spacial score (nSPS) is 56.0. The van der Waals surface area contributed by atoms with Gasteiger partial charge in [-0.15, -0.1) is 0 Å². The van der Waals surface area contributed by atoms with Crippen molar-refractivity contribution in [2.24, 2.45) is 0 Å². The molecule has 5 heteroatoms. The quantitative estimate of drug-likeness (QED) is 0.669. The summed E-state index contributed by atoms with van der Waals surface area (Å²) in [5.41, 5.74) is -0.584. The predicted octanol–water partition coefficient (Wildman–Crippen LogP) is 0.0126. The number of rotatable bonds is 1. The Hall–Kier alpha value is -0.200. The molecule has 2 heterocycles. The third-order valence-corrected chi connectivity index (χ3v) is 3.36. The molecule has 1 N–H and O–H groups in total. The van der Waals surface area contributed by atoms with E-state index in [1.165, 1.54) is 0 Å². The Balaban J connectivity index is 1.88. The molecule has 3 rings (SSSR count). The molecule has 0 radical (unpaired) electrons. The SMILES string of the molecule is COC1O[C@@]2(C[C@@H]2O)[C@@H]2OC(C)(C)OC12. The molecule has 2 unspecified atom stereocenters. The van der Waals surface area contributed by atoms with Crippen LogP contribution in [-0.2, 0) is 18.9 Å². The van der Waals surface area contributed by atoms with Crippen LogP contribution < -0.4 is 0 Å². The zero-order valence-electron chi connectivity index (χ0n) is 9.10. The van der Waals surface area contributed by atoms with E-state index >= 15 is 0 Å². The zero-order valence-corrected chi connectivity index (χ0v) is 9.10. The van der Waals surface area contributed by atoms with Gasteiger partial charge in [0.05, 0.1) is 6.10 Å². The van der Waals surface area contributed by atoms with Crippen LogP contribution in [0, 0.1) is 0 Å². The van der Waals surface area contributed by atoms with Gasteiger partial charge < -0.3 is 24.1 Å². The van der Waals surface area contributed by atoms with Crippen LogP contribution in [0.1, 0.15) is 20.3 Å². The van der Waals surface area contributed by atoms with Crippen molar-refractivity contribution < 1.29 is 24.1 Å². The van der Waals surface area contributed by atoms with Crippen LogP contribution in [0.2, 0.25) is 0 Å². The highest BCUT2D eigenvalue weighted by Gasteiger charge is 2.73. The van der Waals surface area contributed by atoms with Gasteiger partial charge in [0, 0.05) is 13.5 Å². The Kier molecular flexibility index (Phi) is 1.81. The summed E-state index contributed by atoms with van der Waals surface area (Å²) >= 11 is 0. The second-order valence-electron chi connectivity index (χ2n) is 4.92. The highest BCUT2D eigenvalue weighted by atomic mass is 16.8. The molecule has 0 aromatic carbocycles. The Morgan fingerprint density at radius 1 is 1.27 bits per heavy atom. The van der Waals surface area contributed by atoms with Crippen molar-refractivity contribution in [1.29, 1.82) is 0 Å². The zero-order chi connectivity index (χ0) is 10.8. The van der Waals surface area contributed by atoms with E-state index in [9.17, 15) is 5.11 Å². The van der Waals surface area contributed by atoms with Crippen molar-refractivity contribution in [2.45, 2.75) is 56.3 Å². The Bertz CT molecular complexity index is 292. The van der Waals surface area contributed by atoms with Crippen molar-refractivity contribution in [3.05, 3.63) is 0 Å². The summed E-state index contributed by atoms with van der Waals surface area (Å²) in [6, 6.07) is 0. The molecule has 5 atom stereocenters. The molecule has 3 aliphatic rings. The fraction of sp³-hybridized carbons (Fsp3) is 1.00. The third kappa shape index (κ3) is 1.21. The van der Waals surface area contributed by atoms with Crippen molar-refractivity contribution in [3.8, 4) is 0 Å². The Labute approximate surface area is 88.3 Å². The maximum absolute atomic E-state index is 9.63. The molecule has 0 amide bonds. The van der Waals surface area contributed by atoms with Gasteiger partial charge >= 0.3 is 0 Å². The van der Waals surface area contributed by atoms with E-state index < -0.39 is 23.8 Å². The van der Waals surface area contributed by atoms with Crippen LogP contribution >= 0.6 is 0 Å². The lowest BCUT2D eigenvalue weighted by Crippen LogP contribution is -2.34. The van der Waals surface area contributed by atoms with Crippen LogP contribution in [0.5, 0.6) is 0 Å². The minimum Gasteiger partial charge on any atom is -0.390 e. The van der Waals surface area contributed by atoms with E-state index in [0.717, 1.165) is 0 Å². The number of fused-ring (bicyclic) bond motifs is 2. The van der Waals surface area contributed by atoms with E-state index in [4.69, 9.17) is 18.9 Å². The number of methoxy groups -OCH3 is 1. The molecule has 5 nitrogen and oxygen atoms in total. The number of hydrogen-bond acceptors (Lipinski definition) is 5. The Morgan fingerprint density at radius 2 is 1.93 bits per heavy atom. The summed E-state index contributed by atoms with van der Waals surface area (Å²) < 4.78 is 22.3. The molecular weight excluding hydrogens is 200 g/mol. The standard InChI is InChI=1S/C10H16O5/c1-9(2)13-6-7(14-9)10(4-5(10)11)15-8(6)12-3/h5-8,11H,4H2,1-3H3/t5-,6?,7+,8?,10+/m0/s1. The summed E-state index contributed by atoms with van der Waals surface area (Å²) in [4.78, 5) is 0. The van der Waals surface area contributed by atoms with Gasteiger partial charge in [-0.1, -0.05) is 0 Å². The van der Waals surface area contributed by atoms with E-state index in [-0.39, 0.29) is 12.2 Å². The van der Waals surface area contributed by atoms with Crippen LogP contribution in [0.15, 0.2) is 0 Å². The second kappa shape index (κ2) is 2.73. The maximum Gasteiger partial charge on any atom is 0.187 e. The summed E-state index contributed by atoms with van der Waals surface area (Å²) in [6.45, 7) is 3.72.